The molecule has 0 aliphatic carbocycles. The van der Waals surface area contributed by atoms with Gasteiger partial charge < -0.3 is 15.0 Å². The van der Waals surface area contributed by atoms with Crippen LogP contribution in [0.5, 0.6) is 0 Å². The van der Waals surface area contributed by atoms with Crippen molar-refractivity contribution in [2.45, 2.75) is 25.5 Å². The summed E-state index contributed by atoms with van der Waals surface area (Å²) in [5.74, 6) is -2.10. The zero-order chi connectivity index (χ0) is 16.4. The summed E-state index contributed by atoms with van der Waals surface area (Å²) in [6.45, 7) is 0.477. The second-order valence-corrected chi connectivity index (χ2v) is 5.66. The van der Waals surface area contributed by atoms with E-state index in [0.29, 0.717) is 19.4 Å². The van der Waals surface area contributed by atoms with Crippen molar-refractivity contribution < 1.29 is 18.7 Å². The molecule has 1 aliphatic rings. The number of nitrogens with one attached hydrogen (secondary N) is 1. The third-order valence-electron chi connectivity index (χ3n) is 4.15. The van der Waals surface area contributed by atoms with Gasteiger partial charge in [0.2, 0.25) is 5.91 Å². The van der Waals surface area contributed by atoms with Crippen LogP contribution in [-0.4, -0.2) is 27.1 Å². The minimum atomic E-state index is -1.42. The first-order valence-corrected chi connectivity index (χ1v) is 7.45. The lowest BCUT2D eigenvalue weighted by Crippen LogP contribution is -2.37. The molecule has 0 bridgehead atoms. The number of carbonyl (C=O) groups is 1. The van der Waals surface area contributed by atoms with Gasteiger partial charge in [-0.15, -0.1) is 0 Å². The van der Waals surface area contributed by atoms with Crippen molar-refractivity contribution in [3.05, 3.63) is 53.6 Å². The van der Waals surface area contributed by atoms with Crippen LogP contribution in [0.25, 0.3) is 0 Å². The maximum atomic E-state index is 13.6. The molecule has 2 atom stereocenters. The largest absolute Gasteiger partial charge is 0.386 e. The van der Waals surface area contributed by atoms with Crippen LogP contribution in [0.15, 0.2) is 30.7 Å². The predicted octanol–water partition coefficient (Wildman–Crippen LogP) is 1.57. The highest BCUT2D eigenvalue weighted by Crippen LogP contribution is 2.22. The predicted molar refractivity (Wildman–Crippen MR) is 78.4 cm³/mol. The number of benzene rings is 1. The molecule has 2 N–H and O–H groups in total. The standard InChI is InChI=1S/C16H17F2N3O2/c17-12-2-1-3-13(18)15(12)14(22)8-20-16(23)10-4-5-21-9-19-7-11(21)6-10/h1-3,7,9-10,14,22H,4-6,8H2,(H,20,23). The van der Waals surface area contributed by atoms with Gasteiger partial charge in [-0.25, -0.2) is 13.8 Å². The molecule has 1 aliphatic heterocycles. The molecule has 3 rings (SSSR count). The molecule has 0 fully saturated rings. The molecule has 1 aromatic carbocycles. The molecular weight excluding hydrogens is 304 g/mol. The molecule has 0 radical (unpaired) electrons. The Labute approximate surface area is 132 Å². The van der Waals surface area contributed by atoms with Crippen molar-refractivity contribution >= 4 is 5.91 Å². The molecule has 0 saturated carbocycles. The minimum absolute atomic E-state index is 0.225. The SMILES string of the molecule is O=C(NCC(O)c1c(F)cccc1F)C1CCn2cncc2C1. The highest BCUT2D eigenvalue weighted by atomic mass is 19.1. The van der Waals surface area contributed by atoms with Crippen molar-refractivity contribution in [3.8, 4) is 0 Å². The maximum Gasteiger partial charge on any atom is 0.223 e. The Bertz CT molecular complexity index is 697. The third-order valence-corrected chi connectivity index (χ3v) is 4.15. The fourth-order valence-corrected chi connectivity index (χ4v) is 2.87. The summed E-state index contributed by atoms with van der Waals surface area (Å²) in [5, 5.41) is 12.5. The summed E-state index contributed by atoms with van der Waals surface area (Å²) in [5.41, 5.74) is 0.562. The van der Waals surface area contributed by atoms with E-state index in [9.17, 15) is 18.7 Å². The first-order valence-electron chi connectivity index (χ1n) is 7.45. The van der Waals surface area contributed by atoms with E-state index in [1.165, 1.54) is 6.07 Å². The second-order valence-electron chi connectivity index (χ2n) is 5.66. The molecule has 0 spiro atoms. The van der Waals surface area contributed by atoms with E-state index < -0.39 is 23.3 Å². The topological polar surface area (TPSA) is 67.2 Å². The zero-order valence-electron chi connectivity index (χ0n) is 12.4. The first-order chi connectivity index (χ1) is 11.1. The Morgan fingerprint density at radius 2 is 2.17 bits per heavy atom. The number of imidazole rings is 1. The number of aromatic nitrogens is 2. The number of nitrogens with zero attached hydrogens (tertiary/aromatic N) is 2. The van der Waals surface area contributed by atoms with Crippen molar-refractivity contribution in [1.29, 1.82) is 0 Å². The number of aryl methyl sites for hydroxylation is 1. The number of halogens is 2. The van der Waals surface area contributed by atoms with Crippen LogP contribution in [0, 0.1) is 17.6 Å². The van der Waals surface area contributed by atoms with Gasteiger partial charge in [-0.3, -0.25) is 4.79 Å². The number of fused-ring (bicyclic) bond motifs is 1. The number of aliphatic hydroxyl groups excluding tert-OH is 1. The summed E-state index contributed by atoms with van der Waals surface area (Å²) in [7, 11) is 0. The van der Waals surface area contributed by atoms with Crippen LogP contribution in [-0.2, 0) is 17.8 Å². The number of rotatable bonds is 4. The maximum absolute atomic E-state index is 13.6. The number of hydrogen-bond acceptors (Lipinski definition) is 3. The lowest BCUT2D eigenvalue weighted by Gasteiger charge is -2.23. The summed E-state index contributed by atoms with van der Waals surface area (Å²) < 4.78 is 29.2. The highest BCUT2D eigenvalue weighted by Gasteiger charge is 2.26. The zero-order valence-corrected chi connectivity index (χ0v) is 12.4. The quantitative estimate of drug-likeness (QED) is 0.898. The average molecular weight is 321 g/mol. The molecule has 2 aromatic rings. The molecular formula is C16H17F2N3O2. The Kier molecular flexibility index (Phi) is 4.38. The smallest absolute Gasteiger partial charge is 0.223 e. The number of amides is 1. The second kappa shape index (κ2) is 6.45. The first kappa shape index (κ1) is 15.6. The van der Waals surface area contributed by atoms with Crippen LogP contribution >= 0.6 is 0 Å². The van der Waals surface area contributed by atoms with Gasteiger partial charge in [0.15, 0.2) is 0 Å². The van der Waals surface area contributed by atoms with E-state index in [2.05, 4.69) is 10.3 Å². The van der Waals surface area contributed by atoms with E-state index in [4.69, 9.17) is 0 Å². The summed E-state index contributed by atoms with van der Waals surface area (Å²) >= 11 is 0. The number of aliphatic hydroxyl groups is 1. The lowest BCUT2D eigenvalue weighted by atomic mass is 9.95. The molecule has 2 heterocycles. The van der Waals surface area contributed by atoms with Crippen molar-refractivity contribution in [1.82, 2.24) is 14.9 Å². The average Bonchev–Trinajstić information content (AvgIpc) is 3.00. The van der Waals surface area contributed by atoms with Crippen LogP contribution < -0.4 is 5.32 Å². The minimum Gasteiger partial charge on any atom is -0.386 e. The van der Waals surface area contributed by atoms with Crippen molar-refractivity contribution in [2.75, 3.05) is 6.54 Å². The van der Waals surface area contributed by atoms with E-state index in [-0.39, 0.29) is 18.4 Å². The Morgan fingerprint density at radius 3 is 2.91 bits per heavy atom. The fourth-order valence-electron chi connectivity index (χ4n) is 2.87. The van der Waals surface area contributed by atoms with E-state index in [1.54, 1.807) is 12.5 Å². The Morgan fingerprint density at radius 1 is 1.43 bits per heavy atom. The summed E-state index contributed by atoms with van der Waals surface area (Å²) in [6.07, 6.45) is 3.27. The fraction of sp³-hybridized carbons (Fsp3) is 0.375. The van der Waals surface area contributed by atoms with Gasteiger partial charge in [0.1, 0.15) is 17.7 Å². The molecule has 0 saturated heterocycles. The number of hydrogen-bond donors (Lipinski definition) is 2. The Balaban J connectivity index is 1.59. The van der Waals surface area contributed by atoms with Crippen LogP contribution in [0.4, 0.5) is 8.78 Å². The van der Waals surface area contributed by atoms with Gasteiger partial charge in [-0.1, -0.05) is 6.07 Å². The van der Waals surface area contributed by atoms with E-state index in [1.807, 2.05) is 4.57 Å². The van der Waals surface area contributed by atoms with Crippen molar-refractivity contribution in [2.24, 2.45) is 5.92 Å². The van der Waals surface area contributed by atoms with Crippen LogP contribution in [0.3, 0.4) is 0 Å². The van der Waals surface area contributed by atoms with Gasteiger partial charge in [0.05, 0.1) is 11.9 Å². The van der Waals surface area contributed by atoms with Crippen LogP contribution in [0.2, 0.25) is 0 Å². The molecule has 5 nitrogen and oxygen atoms in total. The summed E-state index contributed by atoms with van der Waals surface area (Å²) in [4.78, 5) is 16.2. The van der Waals surface area contributed by atoms with Gasteiger partial charge in [-0.05, 0) is 18.6 Å². The molecule has 7 heteroatoms. The molecule has 23 heavy (non-hydrogen) atoms. The van der Waals surface area contributed by atoms with Gasteiger partial charge in [0.25, 0.3) is 0 Å². The van der Waals surface area contributed by atoms with Gasteiger partial charge in [-0.2, -0.15) is 0 Å². The normalized spacial score (nSPS) is 18.3. The Hall–Kier alpha value is -2.28. The molecule has 1 aromatic heterocycles. The van der Waals surface area contributed by atoms with Gasteiger partial charge in [0, 0.05) is 37.3 Å². The van der Waals surface area contributed by atoms with E-state index >= 15 is 0 Å². The molecule has 122 valence electrons. The molecule has 1 amide bonds. The highest BCUT2D eigenvalue weighted by molar-refractivity contribution is 5.79. The van der Waals surface area contributed by atoms with Crippen molar-refractivity contribution in [3.63, 3.8) is 0 Å². The number of carbonyl (C=O) groups excluding carboxylic acids is 1. The molecule has 2 unspecified atom stereocenters. The third kappa shape index (κ3) is 3.24. The lowest BCUT2D eigenvalue weighted by molar-refractivity contribution is -0.126. The monoisotopic (exact) mass is 321 g/mol. The van der Waals surface area contributed by atoms with Gasteiger partial charge >= 0.3 is 0 Å². The van der Waals surface area contributed by atoms with Crippen LogP contribution in [0.1, 0.15) is 23.8 Å². The summed E-state index contributed by atoms with van der Waals surface area (Å²) in [6, 6.07) is 3.38. The van der Waals surface area contributed by atoms with E-state index in [0.717, 1.165) is 17.8 Å².